The summed E-state index contributed by atoms with van der Waals surface area (Å²) < 4.78 is 1.80. The van der Waals surface area contributed by atoms with Gasteiger partial charge in [-0.25, -0.2) is 0 Å². The average Bonchev–Trinajstić information content (AvgIpc) is 2.15. The third-order valence-corrected chi connectivity index (χ3v) is 4.00. The Morgan fingerprint density at radius 2 is 1.93 bits per heavy atom. The number of nitrogens with zero attached hydrogens (tertiary/aromatic N) is 1. The van der Waals surface area contributed by atoms with Gasteiger partial charge in [-0.2, -0.15) is 0 Å². The number of benzene rings is 1. The minimum Gasteiger partial charge on any atom is -0.293 e. The van der Waals surface area contributed by atoms with Crippen LogP contribution in [0.15, 0.2) is 26.1 Å². The first-order valence-corrected chi connectivity index (χ1v) is 5.75. The van der Waals surface area contributed by atoms with Gasteiger partial charge in [-0.05, 0) is 44.0 Å². The van der Waals surface area contributed by atoms with Crippen LogP contribution in [-0.2, 0) is 0 Å². The molecule has 1 aromatic carbocycles. The van der Waals surface area contributed by atoms with Crippen LogP contribution in [-0.4, -0.2) is 12.0 Å². The van der Waals surface area contributed by atoms with Crippen molar-refractivity contribution in [3.05, 3.63) is 26.6 Å². The van der Waals surface area contributed by atoms with Gasteiger partial charge in [0.05, 0.1) is 11.6 Å². The second-order valence-electron chi connectivity index (χ2n) is 3.21. The number of rotatable bonds is 0. The van der Waals surface area contributed by atoms with Crippen molar-refractivity contribution in [1.82, 2.24) is 0 Å². The fourth-order valence-electron chi connectivity index (χ4n) is 1.35. The topological polar surface area (TPSA) is 29.4 Å². The van der Waals surface area contributed by atoms with E-state index < -0.39 is 0 Å². The number of Topliss-reactive ketones (excluding diaryl/α,β-unsaturated/α-hetero) is 1. The number of carbonyl (C=O) groups is 1. The fraction of sp³-hybridized carbons (Fsp3) is 0.200. The summed E-state index contributed by atoms with van der Waals surface area (Å²) >= 11 is 6.75. The Bertz CT molecular complexity index is 440. The maximum absolute atomic E-state index is 11.8. The molecule has 0 aromatic heterocycles. The zero-order chi connectivity index (χ0) is 10.3. The van der Waals surface area contributed by atoms with Gasteiger partial charge in [0, 0.05) is 20.7 Å². The van der Waals surface area contributed by atoms with Crippen LogP contribution in [0.1, 0.15) is 17.3 Å². The highest BCUT2D eigenvalue weighted by molar-refractivity contribution is 9.13. The molecule has 2 rings (SSSR count). The number of aliphatic imine (C=N–C) groups is 1. The first-order valence-electron chi connectivity index (χ1n) is 4.17. The first-order chi connectivity index (χ1) is 6.59. The SMILES string of the molecule is CC1C=Nc2cc(Br)c(Br)cc2C1=O. The van der Waals surface area contributed by atoms with Gasteiger partial charge >= 0.3 is 0 Å². The van der Waals surface area contributed by atoms with Gasteiger partial charge in [0.15, 0.2) is 5.78 Å². The van der Waals surface area contributed by atoms with E-state index in [2.05, 4.69) is 36.9 Å². The van der Waals surface area contributed by atoms with Crippen LogP contribution in [0.4, 0.5) is 5.69 Å². The van der Waals surface area contributed by atoms with E-state index in [0.29, 0.717) is 5.56 Å². The van der Waals surface area contributed by atoms with Crippen molar-refractivity contribution in [2.75, 3.05) is 0 Å². The summed E-state index contributed by atoms with van der Waals surface area (Å²) in [5, 5.41) is 0. The van der Waals surface area contributed by atoms with Crippen LogP contribution >= 0.6 is 31.9 Å². The van der Waals surface area contributed by atoms with E-state index in [9.17, 15) is 4.79 Å². The van der Waals surface area contributed by atoms with Crippen molar-refractivity contribution in [3.8, 4) is 0 Å². The monoisotopic (exact) mass is 315 g/mol. The molecule has 0 fully saturated rings. The molecule has 72 valence electrons. The zero-order valence-electron chi connectivity index (χ0n) is 7.42. The van der Waals surface area contributed by atoms with E-state index in [1.165, 1.54) is 0 Å². The fourth-order valence-corrected chi connectivity index (χ4v) is 2.02. The van der Waals surface area contributed by atoms with Crippen molar-refractivity contribution in [2.45, 2.75) is 6.92 Å². The molecule has 1 aliphatic heterocycles. The van der Waals surface area contributed by atoms with Gasteiger partial charge in [0.1, 0.15) is 0 Å². The first kappa shape index (κ1) is 10.1. The molecule has 2 nitrogen and oxygen atoms in total. The molecule has 0 saturated heterocycles. The molecule has 0 amide bonds. The van der Waals surface area contributed by atoms with Crippen molar-refractivity contribution in [2.24, 2.45) is 10.9 Å². The van der Waals surface area contributed by atoms with E-state index in [1.807, 2.05) is 19.1 Å². The Labute approximate surface area is 98.7 Å². The summed E-state index contributed by atoms with van der Waals surface area (Å²) in [5.74, 6) is 0.0128. The predicted molar refractivity (Wildman–Crippen MR) is 63.5 cm³/mol. The maximum atomic E-state index is 11.8. The molecule has 0 radical (unpaired) electrons. The van der Waals surface area contributed by atoms with Gasteiger partial charge in [-0.1, -0.05) is 6.92 Å². The lowest BCUT2D eigenvalue weighted by molar-refractivity contribution is 0.0962. The Hall–Kier alpha value is -0.480. The molecule has 1 heterocycles. The highest BCUT2D eigenvalue weighted by atomic mass is 79.9. The lowest BCUT2D eigenvalue weighted by atomic mass is 9.96. The molecule has 0 N–H and O–H groups in total. The van der Waals surface area contributed by atoms with E-state index in [-0.39, 0.29) is 11.7 Å². The van der Waals surface area contributed by atoms with Crippen molar-refractivity contribution in [1.29, 1.82) is 0 Å². The number of halogens is 2. The summed E-state index contributed by atoms with van der Waals surface area (Å²) in [7, 11) is 0. The Kier molecular flexibility index (Phi) is 2.58. The Morgan fingerprint density at radius 3 is 2.64 bits per heavy atom. The minimum atomic E-state index is -0.115. The summed E-state index contributed by atoms with van der Waals surface area (Å²) in [6, 6.07) is 3.66. The lowest BCUT2D eigenvalue weighted by Gasteiger charge is -2.14. The van der Waals surface area contributed by atoms with Crippen molar-refractivity contribution in [3.63, 3.8) is 0 Å². The smallest absolute Gasteiger partial charge is 0.173 e. The van der Waals surface area contributed by atoms with Crippen molar-refractivity contribution >= 4 is 49.5 Å². The maximum Gasteiger partial charge on any atom is 0.173 e. The zero-order valence-corrected chi connectivity index (χ0v) is 10.6. The van der Waals surface area contributed by atoms with Crippen molar-refractivity contribution < 1.29 is 4.79 Å². The molecule has 1 aromatic rings. The molecule has 0 spiro atoms. The van der Waals surface area contributed by atoms with E-state index >= 15 is 0 Å². The van der Waals surface area contributed by atoms with Crippen LogP contribution in [0.5, 0.6) is 0 Å². The number of carbonyl (C=O) groups excluding carboxylic acids is 1. The highest BCUT2D eigenvalue weighted by Crippen LogP contribution is 2.34. The second-order valence-corrected chi connectivity index (χ2v) is 4.92. The number of hydrogen-bond acceptors (Lipinski definition) is 2. The minimum absolute atomic E-state index is 0.115. The largest absolute Gasteiger partial charge is 0.293 e. The van der Waals surface area contributed by atoms with E-state index in [4.69, 9.17) is 0 Å². The average molecular weight is 317 g/mol. The quantitative estimate of drug-likeness (QED) is 0.717. The third kappa shape index (κ3) is 1.57. The lowest BCUT2D eigenvalue weighted by Crippen LogP contribution is -2.16. The van der Waals surface area contributed by atoms with Crippen LogP contribution in [0.2, 0.25) is 0 Å². The van der Waals surface area contributed by atoms with E-state index in [0.717, 1.165) is 14.6 Å². The van der Waals surface area contributed by atoms with Crippen LogP contribution in [0, 0.1) is 5.92 Å². The molecule has 1 aliphatic rings. The molecule has 0 saturated carbocycles. The van der Waals surface area contributed by atoms with Crippen LogP contribution in [0.25, 0.3) is 0 Å². The number of hydrogen-bond donors (Lipinski definition) is 0. The Morgan fingerprint density at radius 1 is 1.29 bits per heavy atom. The molecular formula is C10H7Br2NO. The normalized spacial score (nSPS) is 19.6. The van der Waals surface area contributed by atoms with Crippen LogP contribution in [0.3, 0.4) is 0 Å². The van der Waals surface area contributed by atoms with E-state index in [1.54, 1.807) is 6.21 Å². The van der Waals surface area contributed by atoms with Gasteiger partial charge in [-0.15, -0.1) is 0 Å². The highest BCUT2D eigenvalue weighted by Gasteiger charge is 2.21. The second kappa shape index (κ2) is 3.59. The molecule has 1 unspecified atom stereocenters. The number of ketones is 1. The molecule has 4 heteroatoms. The predicted octanol–water partition coefficient (Wildman–Crippen LogP) is 3.75. The third-order valence-electron chi connectivity index (χ3n) is 2.15. The molecule has 14 heavy (non-hydrogen) atoms. The van der Waals surface area contributed by atoms with Crippen LogP contribution < -0.4 is 0 Å². The van der Waals surface area contributed by atoms with Gasteiger partial charge < -0.3 is 0 Å². The summed E-state index contributed by atoms with van der Waals surface area (Å²) in [6.07, 6.45) is 1.69. The molecule has 0 aliphatic carbocycles. The molecule has 0 bridgehead atoms. The van der Waals surface area contributed by atoms with Gasteiger partial charge in [-0.3, -0.25) is 9.79 Å². The Balaban J connectivity index is 2.64. The van der Waals surface area contributed by atoms with Gasteiger partial charge in [0.2, 0.25) is 0 Å². The molecule has 1 atom stereocenters. The summed E-state index contributed by atoms with van der Waals surface area (Å²) in [5.41, 5.74) is 1.43. The standard InChI is InChI=1S/C10H7Br2NO/c1-5-4-13-9-3-8(12)7(11)2-6(9)10(5)14/h2-5H,1H3. The molecular weight excluding hydrogens is 310 g/mol. The number of fused-ring (bicyclic) bond motifs is 1. The van der Waals surface area contributed by atoms with Gasteiger partial charge in [0.25, 0.3) is 0 Å². The summed E-state index contributed by atoms with van der Waals surface area (Å²) in [4.78, 5) is 16.0. The summed E-state index contributed by atoms with van der Waals surface area (Å²) in [6.45, 7) is 1.85.